The Morgan fingerprint density at radius 2 is 2.14 bits per heavy atom. The van der Waals surface area contributed by atoms with Crippen molar-refractivity contribution >= 4 is 18.3 Å². The molecule has 1 saturated carbocycles. The van der Waals surface area contributed by atoms with Crippen LogP contribution in [0.15, 0.2) is 0 Å². The van der Waals surface area contributed by atoms with Crippen molar-refractivity contribution < 1.29 is 9.90 Å². The normalized spacial score (nSPS) is 27.1. The van der Waals surface area contributed by atoms with Crippen molar-refractivity contribution in [2.75, 3.05) is 7.05 Å². The number of nitrogens with two attached hydrogens (primary N) is 1. The first-order chi connectivity index (χ1) is 10.1. The fourth-order valence-electron chi connectivity index (χ4n) is 3.54. The standard InChI is InChI=1S/C15H24N4O2.ClH/c1-19(15(21)9-6-11(16)14(20)7-9)8-13-10-4-2-3-5-12(10)17-18-13;/h9,11,14,20H,2-8,16H2,1H3,(H,17,18);1H/t9-,11-,14-;/m0./s1. The van der Waals surface area contributed by atoms with Crippen LogP contribution < -0.4 is 5.73 Å². The number of amides is 1. The Bertz CT molecular complexity index is 524. The number of halogens is 1. The number of fused-ring (bicyclic) bond motifs is 1. The third-order valence-electron chi connectivity index (χ3n) is 4.83. The first-order valence-corrected chi connectivity index (χ1v) is 7.80. The molecule has 6 nitrogen and oxygen atoms in total. The molecule has 22 heavy (non-hydrogen) atoms. The predicted molar refractivity (Wildman–Crippen MR) is 85.7 cm³/mol. The van der Waals surface area contributed by atoms with Gasteiger partial charge in [-0.3, -0.25) is 9.89 Å². The molecule has 0 bridgehead atoms. The molecule has 3 rings (SSSR count). The number of nitrogens with one attached hydrogen (secondary N) is 1. The summed E-state index contributed by atoms with van der Waals surface area (Å²) in [6.07, 6.45) is 5.01. The van der Waals surface area contributed by atoms with Gasteiger partial charge in [-0.1, -0.05) is 0 Å². The molecule has 0 spiro atoms. The summed E-state index contributed by atoms with van der Waals surface area (Å²) >= 11 is 0. The molecule has 1 aromatic heterocycles. The maximum atomic E-state index is 12.5. The molecule has 0 aliphatic heterocycles. The lowest BCUT2D eigenvalue weighted by Crippen LogP contribution is -2.32. The van der Waals surface area contributed by atoms with E-state index in [1.807, 2.05) is 7.05 Å². The van der Waals surface area contributed by atoms with Gasteiger partial charge in [0.15, 0.2) is 0 Å². The zero-order valence-electron chi connectivity index (χ0n) is 12.9. The molecule has 0 unspecified atom stereocenters. The average Bonchev–Trinajstić information content (AvgIpc) is 3.03. The van der Waals surface area contributed by atoms with Gasteiger partial charge < -0.3 is 15.7 Å². The van der Waals surface area contributed by atoms with Crippen molar-refractivity contribution in [2.45, 2.75) is 57.2 Å². The van der Waals surface area contributed by atoms with Crippen LogP contribution in [0.1, 0.15) is 42.6 Å². The van der Waals surface area contributed by atoms with Crippen LogP contribution in [0.3, 0.4) is 0 Å². The van der Waals surface area contributed by atoms with Crippen molar-refractivity contribution in [3.05, 3.63) is 17.0 Å². The molecular weight excluding hydrogens is 304 g/mol. The first kappa shape index (κ1) is 17.2. The van der Waals surface area contributed by atoms with Gasteiger partial charge in [0, 0.05) is 24.7 Å². The summed E-state index contributed by atoms with van der Waals surface area (Å²) in [5, 5.41) is 17.2. The molecular formula is C15H25ClN4O2. The van der Waals surface area contributed by atoms with Crippen molar-refractivity contribution in [3.63, 3.8) is 0 Å². The molecule has 1 heterocycles. The Balaban J connectivity index is 0.00000176. The van der Waals surface area contributed by atoms with Gasteiger partial charge in [-0.25, -0.2) is 0 Å². The Labute approximate surface area is 136 Å². The number of carbonyl (C=O) groups is 1. The summed E-state index contributed by atoms with van der Waals surface area (Å²) in [7, 11) is 1.81. The molecule has 0 saturated heterocycles. The number of nitrogens with zero attached hydrogens (tertiary/aromatic N) is 2. The van der Waals surface area contributed by atoms with Crippen LogP contribution in [0, 0.1) is 5.92 Å². The number of carbonyl (C=O) groups excluding carboxylic acids is 1. The van der Waals surface area contributed by atoms with Crippen molar-refractivity contribution in [3.8, 4) is 0 Å². The minimum Gasteiger partial charge on any atom is -0.391 e. The second kappa shape index (κ2) is 6.98. The molecule has 124 valence electrons. The van der Waals surface area contributed by atoms with E-state index in [0.717, 1.165) is 18.5 Å². The summed E-state index contributed by atoms with van der Waals surface area (Å²) in [6.45, 7) is 0.534. The summed E-state index contributed by atoms with van der Waals surface area (Å²) in [6, 6.07) is -0.273. The second-order valence-corrected chi connectivity index (χ2v) is 6.43. The number of rotatable bonds is 3. The number of aromatic amines is 1. The Hall–Kier alpha value is -1.11. The fraction of sp³-hybridized carbons (Fsp3) is 0.733. The molecule has 4 N–H and O–H groups in total. The summed E-state index contributed by atoms with van der Waals surface area (Å²) in [5.74, 6) is -0.0932. The lowest BCUT2D eigenvalue weighted by atomic mass is 9.95. The number of hydrogen-bond donors (Lipinski definition) is 3. The Morgan fingerprint density at radius 3 is 2.82 bits per heavy atom. The number of hydrogen-bond acceptors (Lipinski definition) is 4. The van der Waals surface area contributed by atoms with Gasteiger partial charge in [-0.05, 0) is 44.1 Å². The number of aliphatic hydroxyl groups is 1. The Kier molecular flexibility index (Phi) is 5.47. The lowest BCUT2D eigenvalue weighted by molar-refractivity contribution is -0.134. The minimum atomic E-state index is -0.550. The number of H-pyrrole nitrogens is 1. The van der Waals surface area contributed by atoms with E-state index in [1.165, 1.54) is 24.1 Å². The van der Waals surface area contributed by atoms with Gasteiger partial charge in [0.2, 0.25) is 5.91 Å². The molecule has 7 heteroatoms. The SMILES string of the molecule is CN(Cc1n[nH]c2c1CCCC2)C(=O)[C@H]1C[C@H](N)[C@@H](O)C1.Cl. The molecule has 1 fully saturated rings. The second-order valence-electron chi connectivity index (χ2n) is 6.43. The summed E-state index contributed by atoms with van der Waals surface area (Å²) in [4.78, 5) is 14.2. The van der Waals surface area contributed by atoms with E-state index in [-0.39, 0.29) is 30.3 Å². The molecule has 2 aliphatic rings. The lowest BCUT2D eigenvalue weighted by Gasteiger charge is -2.21. The molecule has 1 amide bonds. The van der Waals surface area contributed by atoms with E-state index in [1.54, 1.807) is 4.90 Å². The fourth-order valence-corrected chi connectivity index (χ4v) is 3.54. The Morgan fingerprint density at radius 1 is 1.41 bits per heavy atom. The third-order valence-corrected chi connectivity index (χ3v) is 4.83. The van der Waals surface area contributed by atoms with Crippen molar-refractivity contribution in [1.29, 1.82) is 0 Å². The summed E-state index contributed by atoms with van der Waals surface area (Å²) < 4.78 is 0. The maximum Gasteiger partial charge on any atom is 0.225 e. The van der Waals surface area contributed by atoms with E-state index in [4.69, 9.17) is 5.73 Å². The molecule has 0 radical (unpaired) electrons. The first-order valence-electron chi connectivity index (χ1n) is 7.80. The predicted octanol–water partition coefficient (Wildman–Crippen LogP) is 0.767. The minimum absolute atomic E-state index is 0. The highest BCUT2D eigenvalue weighted by atomic mass is 35.5. The third kappa shape index (κ3) is 3.29. The highest BCUT2D eigenvalue weighted by Crippen LogP contribution is 2.28. The van der Waals surface area contributed by atoms with Gasteiger partial charge in [0.05, 0.1) is 18.3 Å². The van der Waals surface area contributed by atoms with Gasteiger partial charge in [0.25, 0.3) is 0 Å². The monoisotopic (exact) mass is 328 g/mol. The summed E-state index contributed by atoms with van der Waals surface area (Å²) in [5.41, 5.74) is 9.31. The largest absolute Gasteiger partial charge is 0.391 e. The average molecular weight is 329 g/mol. The zero-order valence-corrected chi connectivity index (χ0v) is 13.7. The van der Waals surface area contributed by atoms with Crippen LogP contribution in [0.2, 0.25) is 0 Å². The number of aliphatic hydroxyl groups excluding tert-OH is 1. The van der Waals surface area contributed by atoms with Crippen molar-refractivity contribution in [1.82, 2.24) is 15.1 Å². The van der Waals surface area contributed by atoms with Crippen LogP contribution in [0.5, 0.6) is 0 Å². The van der Waals surface area contributed by atoms with Crippen LogP contribution in [-0.2, 0) is 24.2 Å². The van der Waals surface area contributed by atoms with Crippen LogP contribution >= 0.6 is 12.4 Å². The van der Waals surface area contributed by atoms with Crippen LogP contribution in [0.25, 0.3) is 0 Å². The van der Waals surface area contributed by atoms with E-state index < -0.39 is 6.10 Å². The molecule has 0 aromatic carbocycles. The number of aromatic nitrogens is 2. The van der Waals surface area contributed by atoms with Gasteiger partial charge in [-0.15, -0.1) is 12.4 Å². The van der Waals surface area contributed by atoms with E-state index in [0.29, 0.717) is 19.4 Å². The highest BCUT2D eigenvalue weighted by Gasteiger charge is 2.36. The van der Waals surface area contributed by atoms with Crippen molar-refractivity contribution in [2.24, 2.45) is 11.7 Å². The zero-order chi connectivity index (χ0) is 15.0. The topological polar surface area (TPSA) is 95.2 Å². The van der Waals surface area contributed by atoms with Crippen LogP contribution in [0.4, 0.5) is 0 Å². The van der Waals surface area contributed by atoms with E-state index >= 15 is 0 Å². The van der Waals surface area contributed by atoms with Gasteiger partial charge in [0.1, 0.15) is 0 Å². The van der Waals surface area contributed by atoms with E-state index in [2.05, 4.69) is 10.2 Å². The van der Waals surface area contributed by atoms with E-state index in [9.17, 15) is 9.90 Å². The molecule has 3 atom stereocenters. The number of aryl methyl sites for hydroxylation is 1. The molecule has 2 aliphatic carbocycles. The highest BCUT2D eigenvalue weighted by molar-refractivity contribution is 5.85. The van der Waals surface area contributed by atoms with Gasteiger partial charge >= 0.3 is 0 Å². The smallest absolute Gasteiger partial charge is 0.225 e. The van der Waals surface area contributed by atoms with Crippen LogP contribution in [-0.4, -0.2) is 45.3 Å². The molecule has 1 aromatic rings. The maximum absolute atomic E-state index is 12.5. The van der Waals surface area contributed by atoms with Gasteiger partial charge in [-0.2, -0.15) is 5.10 Å². The quantitative estimate of drug-likeness (QED) is 0.763.